The highest BCUT2D eigenvalue weighted by molar-refractivity contribution is 5.57. The molecular weight excluding hydrogens is 104 g/mol. The summed E-state index contributed by atoms with van der Waals surface area (Å²) in [6.45, 7) is 4.02. The second kappa shape index (κ2) is 3.43. The maximum absolute atomic E-state index is 10.4. The molecule has 0 rings (SSSR count). The summed E-state index contributed by atoms with van der Waals surface area (Å²) in [6, 6.07) is -0.132. The van der Waals surface area contributed by atoms with Crippen molar-refractivity contribution in [3.8, 4) is 0 Å². The van der Waals surface area contributed by atoms with Crippen molar-refractivity contribution in [3.63, 3.8) is 0 Å². The van der Waals surface area contributed by atoms with Gasteiger partial charge in [-0.2, -0.15) is 0 Å². The van der Waals surface area contributed by atoms with Gasteiger partial charge in [-0.05, 0) is 13.8 Å². The van der Waals surface area contributed by atoms with Gasteiger partial charge >= 0.3 is 0 Å². The third kappa shape index (κ3) is 3.61. The summed E-state index contributed by atoms with van der Waals surface area (Å²) in [4.78, 5) is 0. The number of nitrogens with two attached hydrogens (primary N) is 1. The highest BCUT2D eigenvalue weighted by atomic mass is 16.5. The van der Waals surface area contributed by atoms with Crippen molar-refractivity contribution in [2.75, 3.05) is 6.54 Å². The van der Waals surface area contributed by atoms with Crippen LogP contribution in [0.2, 0.25) is 0 Å². The van der Waals surface area contributed by atoms with E-state index in [9.17, 15) is 5.21 Å². The van der Waals surface area contributed by atoms with Gasteiger partial charge in [-0.1, -0.05) is 0 Å². The van der Waals surface area contributed by atoms with E-state index in [1.807, 2.05) is 0 Å². The predicted molar refractivity (Wildman–Crippen MR) is 33.9 cm³/mol. The number of hydrogen-bond donors (Lipinski definition) is 1. The number of hydrogen-bond acceptors (Lipinski definition) is 2. The molecule has 2 N–H and O–H groups in total. The first-order valence-electron chi connectivity index (χ1n) is 2.71. The fourth-order valence-corrected chi connectivity index (χ4v) is 0.368. The lowest BCUT2D eigenvalue weighted by Gasteiger charge is -1.99. The highest BCUT2D eigenvalue weighted by Gasteiger charge is 1.90. The summed E-state index contributed by atoms with van der Waals surface area (Å²) in [5.41, 5.74) is 5.27. The van der Waals surface area contributed by atoms with Crippen LogP contribution < -0.4 is 5.73 Å². The van der Waals surface area contributed by atoms with Gasteiger partial charge in [0.25, 0.3) is 0 Å². The minimum absolute atomic E-state index is 0.132. The van der Waals surface area contributed by atoms with E-state index in [1.165, 1.54) is 6.21 Å². The zero-order chi connectivity index (χ0) is 6.57. The van der Waals surface area contributed by atoms with Crippen LogP contribution in [0.15, 0.2) is 0 Å². The van der Waals surface area contributed by atoms with Gasteiger partial charge in [0.2, 0.25) is 0 Å². The van der Waals surface area contributed by atoms with Crippen molar-refractivity contribution >= 4 is 6.21 Å². The Balaban J connectivity index is 3.56. The van der Waals surface area contributed by atoms with Crippen molar-refractivity contribution in [1.29, 1.82) is 0 Å². The van der Waals surface area contributed by atoms with Crippen molar-refractivity contribution in [3.05, 3.63) is 5.21 Å². The Morgan fingerprint density at radius 2 is 2.38 bits per heavy atom. The summed E-state index contributed by atoms with van der Waals surface area (Å²) in [5, 5.41) is 10.4. The molecule has 1 unspecified atom stereocenters. The number of nitrogens with zero attached hydrogens (tertiary/aromatic N) is 1. The first-order valence-corrected chi connectivity index (χ1v) is 2.71. The summed E-state index contributed by atoms with van der Waals surface area (Å²) in [5.74, 6) is 0. The van der Waals surface area contributed by atoms with E-state index in [4.69, 9.17) is 5.73 Å². The minimum atomic E-state index is -0.132. The second-order valence-electron chi connectivity index (χ2n) is 1.74. The molecule has 0 aliphatic heterocycles. The maximum Gasteiger partial charge on any atom is 0.167 e. The normalized spacial score (nSPS) is 16.1. The van der Waals surface area contributed by atoms with Crippen LogP contribution in [-0.4, -0.2) is 23.5 Å². The Hall–Kier alpha value is -0.570. The Morgan fingerprint density at radius 3 is 2.50 bits per heavy atom. The summed E-state index contributed by atoms with van der Waals surface area (Å²) in [7, 11) is 0. The smallest absolute Gasteiger partial charge is 0.167 e. The third-order valence-corrected chi connectivity index (χ3v) is 0.713. The average Bonchev–Trinajstić information content (AvgIpc) is 1.65. The van der Waals surface area contributed by atoms with Crippen LogP contribution in [0.5, 0.6) is 0 Å². The molecule has 0 saturated heterocycles. The van der Waals surface area contributed by atoms with E-state index in [-0.39, 0.29) is 6.04 Å². The molecule has 0 heterocycles. The van der Waals surface area contributed by atoms with Gasteiger partial charge in [-0.25, -0.2) is 4.74 Å². The fourth-order valence-electron chi connectivity index (χ4n) is 0.368. The molecule has 0 radical (unpaired) electrons. The lowest BCUT2D eigenvalue weighted by atomic mass is 10.4. The Kier molecular flexibility index (Phi) is 3.19. The van der Waals surface area contributed by atoms with E-state index in [0.29, 0.717) is 6.54 Å². The Morgan fingerprint density at radius 1 is 1.88 bits per heavy atom. The molecule has 8 heavy (non-hydrogen) atoms. The van der Waals surface area contributed by atoms with E-state index in [1.54, 1.807) is 13.8 Å². The molecule has 0 aromatic carbocycles. The zero-order valence-corrected chi connectivity index (χ0v) is 5.29. The van der Waals surface area contributed by atoms with Crippen LogP contribution in [0, 0.1) is 5.21 Å². The van der Waals surface area contributed by atoms with E-state index < -0.39 is 0 Å². The highest BCUT2D eigenvalue weighted by Crippen LogP contribution is 1.69. The molecule has 0 aliphatic carbocycles. The average molecular weight is 116 g/mol. The van der Waals surface area contributed by atoms with E-state index in [2.05, 4.69) is 0 Å². The molecule has 1 atom stereocenters. The molecule has 3 nitrogen and oxygen atoms in total. The molecule has 0 aromatic heterocycles. The maximum atomic E-state index is 10.4. The van der Waals surface area contributed by atoms with Crippen LogP contribution >= 0.6 is 0 Å². The molecular formula is C5H12N2O. The number of hydroxylamine groups is 1. The van der Waals surface area contributed by atoms with Crippen molar-refractivity contribution in [2.45, 2.75) is 19.9 Å². The summed E-state index contributed by atoms with van der Waals surface area (Å²) >= 11 is 0. The van der Waals surface area contributed by atoms with Crippen LogP contribution in [-0.2, 0) is 0 Å². The second-order valence-corrected chi connectivity index (χ2v) is 1.74. The first kappa shape index (κ1) is 7.43. The molecule has 0 spiro atoms. The number of rotatable bonds is 2. The Bertz CT molecular complexity index is 88.4. The quantitative estimate of drug-likeness (QED) is 0.238. The van der Waals surface area contributed by atoms with Gasteiger partial charge in [0.1, 0.15) is 6.54 Å². The third-order valence-electron chi connectivity index (χ3n) is 0.713. The summed E-state index contributed by atoms with van der Waals surface area (Å²) in [6.07, 6.45) is 1.44. The standard InChI is InChI=1S/C5H12N2O/c1-3-7(8)4-5(2)6/h4-5H,3,6H2,1-2H3/b7-4-. The van der Waals surface area contributed by atoms with E-state index in [0.717, 1.165) is 4.74 Å². The fraction of sp³-hybridized carbons (Fsp3) is 0.800. The van der Waals surface area contributed by atoms with Crippen molar-refractivity contribution < 1.29 is 4.74 Å². The summed E-state index contributed by atoms with van der Waals surface area (Å²) < 4.78 is 0.824. The van der Waals surface area contributed by atoms with Gasteiger partial charge in [0, 0.05) is 0 Å². The molecule has 0 aromatic rings. The topological polar surface area (TPSA) is 52.1 Å². The van der Waals surface area contributed by atoms with Crippen LogP contribution in [0.3, 0.4) is 0 Å². The predicted octanol–water partition coefficient (Wildman–Crippen LogP) is -0.0654. The molecule has 3 heteroatoms. The van der Waals surface area contributed by atoms with Crippen molar-refractivity contribution in [2.24, 2.45) is 5.73 Å². The lowest BCUT2D eigenvalue weighted by Crippen LogP contribution is -2.22. The largest absolute Gasteiger partial charge is 0.624 e. The molecule has 0 fully saturated rings. The van der Waals surface area contributed by atoms with E-state index >= 15 is 0 Å². The zero-order valence-electron chi connectivity index (χ0n) is 5.29. The lowest BCUT2D eigenvalue weighted by molar-refractivity contribution is -0.449. The van der Waals surface area contributed by atoms with Crippen molar-refractivity contribution in [1.82, 2.24) is 0 Å². The monoisotopic (exact) mass is 116 g/mol. The minimum Gasteiger partial charge on any atom is -0.624 e. The molecule has 0 amide bonds. The van der Waals surface area contributed by atoms with Gasteiger partial charge in [0.05, 0.1) is 6.04 Å². The van der Waals surface area contributed by atoms with Crippen LogP contribution in [0.4, 0.5) is 0 Å². The van der Waals surface area contributed by atoms with Gasteiger partial charge in [0.15, 0.2) is 6.21 Å². The van der Waals surface area contributed by atoms with Gasteiger partial charge in [-0.3, -0.25) is 0 Å². The van der Waals surface area contributed by atoms with Crippen LogP contribution in [0.1, 0.15) is 13.8 Å². The van der Waals surface area contributed by atoms with Gasteiger partial charge < -0.3 is 10.9 Å². The van der Waals surface area contributed by atoms with Gasteiger partial charge in [-0.15, -0.1) is 0 Å². The molecule has 0 saturated carbocycles. The van der Waals surface area contributed by atoms with Crippen LogP contribution in [0.25, 0.3) is 0 Å². The molecule has 0 bridgehead atoms. The molecule has 48 valence electrons. The molecule has 0 aliphatic rings. The first-order chi connectivity index (χ1) is 3.66. The Labute approximate surface area is 49.4 Å². The SMILES string of the molecule is CC/[N+]([O-])=C/C(C)N.